The Morgan fingerprint density at radius 2 is 1.58 bits per heavy atom. The van der Waals surface area contributed by atoms with Gasteiger partial charge in [0.2, 0.25) is 0 Å². The number of rotatable bonds is 4. The van der Waals surface area contributed by atoms with Crippen LogP contribution in [-0.4, -0.2) is 24.5 Å². The Morgan fingerprint density at radius 3 is 2.21 bits per heavy atom. The SMILES string of the molecule is CC[P+](C)(CC)C(=O)c1cccc2ccccc12.[I-]. The lowest BCUT2D eigenvalue weighted by atomic mass is 10.1. The van der Waals surface area contributed by atoms with Gasteiger partial charge < -0.3 is 24.0 Å². The van der Waals surface area contributed by atoms with Gasteiger partial charge in [0.1, 0.15) is 0 Å². The molecule has 2 rings (SSSR count). The van der Waals surface area contributed by atoms with Gasteiger partial charge in [-0.15, -0.1) is 0 Å². The topological polar surface area (TPSA) is 17.1 Å². The van der Waals surface area contributed by atoms with Crippen molar-refractivity contribution >= 4 is 23.6 Å². The van der Waals surface area contributed by atoms with E-state index in [4.69, 9.17) is 0 Å². The van der Waals surface area contributed by atoms with E-state index in [1.54, 1.807) is 0 Å². The molecule has 1 nitrogen and oxygen atoms in total. The fourth-order valence-electron chi connectivity index (χ4n) is 2.21. The largest absolute Gasteiger partial charge is 1.00 e. The summed E-state index contributed by atoms with van der Waals surface area (Å²) < 4.78 is 0. The van der Waals surface area contributed by atoms with E-state index < -0.39 is 7.26 Å². The predicted molar refractivity (Wildman–Crippen MR) is 82.2 cm³/mol. The molecule has 0 radical (unpaired) electrons. The zero-order valence-corrected chi connectivity index (χ0v) is 14.7. The van der Waals surface area contributed by atoms with Gasteiger partial charge in [0, 0.05) is 0 Å². The fraction of sp³-hybridized carbons (Fsp3) is 0.312. The van der Waals surface area contributed by atoms with E-state index in [0.29, 0.717) is 5.52 Å². The van der Waals surface area contributed by atoms with Crippen molar-refractivity contribution in [2.24, 2.45) is 0 Å². The van der Waals surface area contributed by atoms with Crippen molar-refractivity contribution in [3.8, 4) is 0 Å². The Kier molecular flexibility index (Phi) is 5.94. The Morgan fingerprint density at radius 1 is 1.00 bits per heavy atom. The molecule has 0 aromatic heterocycles. The summed E-state index contributed by atoms with van der Waals surface area (Å²) in [6.45, 7) is 6.46. The summed E-state index contributed by atoms with van der Waals surface area (Å²) in [6.07, 6.45) is 1.98. The molecule has 0 saturated carbocycles. The van der Waals surface area contributed by atoms with Crippen molar-refractivity contribution in [3.05, 3.63) is 48.0 Å². The molecule has 3 heteroatoms. The highest BCUT2D eigenvalue weighted by molar-refractivity contribution is 7.91. The molecule has 0 aliphatic carbocycles. The Bertz CT molecular complexity index is 570. The minimum Gasteiger partial charge on any atom is -1.00 e. The molecule has 0 atom stereocenters. The van der Waals surface area contributed by atoms with Crippen LogP contribution in [0.2, 0.25) is 0 Å². The van der Waals surface area contributed by atoms with Gasteiger partial charge in [-0.2, -0.15) is 0 Å². The third kappa shape index (κ3) is 3.17. The molecule has 2 aromatic carbocycles. The highest BCUT2D eigenvalue weighted by Crippen LogP contribution is 2.57. The molecule has 0 saturated heterocycles. The first kappa shape index (κ1) is 16.6. The summed E-state index contributed by atoms with van der Waals surface area (Å²) >= 11 is 0. The average molecular weight is 386 g/mol. The quantitative estimate of drug-likeness (QED) is 0.577. The van der Waals surface area contributed by atoms with Crippen LogP contribution >= 0.6 is 7.26 Å². The molecule has 0 fully saturated rings. The Balaban J connectivity index is 0.00000180. The van der Waals surface area contributed by atoms with Gasteiger partial charge in [0.25, 0.3) is 5.52 Å². The number of fused-ring (bicyclic) bond motifs is 1. The zero-order chi connectivity index (χ0) is 13.2. The number of hydrogen-bond acceptors (Lipinski definition) is 1. The van der Waals surface area contributed by atoms with E-state index >= 15 is 0 Å². The van der Waals surface area contributed by atoms with E-state index in [-0.39, 0.29) is 24.0 Å². The maximum absolute atomic E-state index is 12.8. The van der Waals surface area contributed by atoms with Gasteiger partial charge in [-0.3, -0.25) is 0 Å². The summed E-state index contributed by atoms with van der Waals surface area (Å²) in [5.41, 5.74) is 1.29. The van der Waals surface area contributed by atoms with Gasteiger partial charge in [-0.25, -0.2) is 4.79 Å². The molecular formula is C16H20IOP. The summed E-state index contributed by atoms with van der Waals surface area (Å²) in [5, 5.41) is 2.25. The molecule has 19 heavy (non-hydrogen) atoms. The van der Waals surface area contributed by atoms with Gasteiger partial charge in [-0.05, 0) is 30.7 Å². The van der Waals surface area contributed by atoms with Gasteiger partial charge in [-0.1, -0.05) is 36.4 Å². The predicted octanol–water partition coefficient (Wildman–Crippen LogP) is 1.67. The van der Waals surface area contributed by atoms with Gasteiger partial charge in [0.15, 0.2) is 0 Å². The lowest BCUT2D eigenvalue weighted by Gasteiger charge is -2.18. The van der Waals surface area contributed by atoms with Crippen LogP contribution in [0.5, 0.6) is 0 Å². The van der Waals surface area contributed by atoms with Crippen LogP contribution in [-0.2, 0) is 0 Å². The molecule has 0 aliphatic heterocycles. The molecule has 0 amide bonds. The van der Waals surface area contributed by atoms with E-state index in [1.165, 1.54) is 0 Å². The highest BCUT2D eigenvalue weighted by atomic mass is 127. The van der Waals surface area contributed by atoms with Crippen LogP contribution in [0.15, 0.2) is 42.5 Å². The Labute approximate surface area is 133 Å². The molecule has 0 unspecified atom stereocenters. The first-order chi connectivity index (χ1) is 8.62. The molecule has 0 aliphatic rings. The van der Waals surface area contributed by atoms with Crippen molar-refractivity contribution < 1.29 is 28.8 Å². The maximum atomic E-state index is 12.8. The monoisotopic (exact) mass is 386 g/mol. The Hall–Kier alpha value is -0.470. The van der Waals surface area contributed by atoms with Crippen molar-refractivity contribution in [3.63, 3.8) is 0 Å². The average Bonchev–Trinajstić information content (AvgIpc) is 2.45. The zero-order valence-electron chi connectivity index (χ0n) is 11.7. The first-order valence-corrected chi connectivity index (χ1v) is 9.10. The summed E-state index contributed by atoms with van der Waals surface area (Å²) in [5.74, 6) is 0. The van der Waals surface area contributed by atoms with Crippen LogP contribution < -0.4 is 24.0 Å². The lowest BCUT2D eigenvalue weighted by molar-refractivity contribution is -0.0000104. The highest BCUT2D eigenvalue weighted by Gasteiger charge is 2.38. The summed E-state index contributed by atoms with van der Waals surface area (Å²) in [4.78, 5) is 12.8. The molecule has 0 spiro atoms. The second-order valence-corrected chi connectivity index (χ2v) is 9.32. The van der Waals surface area contributed by atoms with Crippen LogP contribution in [0.25, 0.3) is 10.8 Å². The maximum Gasteiger partial charge on any atom is 0.298 e. The van der Waals surface area contributed by atoms with E-state index in [1.807, 2.05) is 24.3 Å². The normalized spacial score (nSPS) is 11.1. The number of benzene rings is 2. The van der Waals surface area contributed by atoms with E-state index in [0.717, 1.165) is 28.7 Å². The van der Waals surface area contributed by atoms with Gasteiger partial charge >= 0.3 is 0 Å². The van der Waals surface area contributed by atoms with Crippen LogP contribution in [0, 0.1) is 0 Å². The number of carbonyl (C=O) groups is 1. The third-order valence-electron chi connectivity index (χ3n) is 3.91. The standard InChI is InChI=1S/C16H20OP.HI/c1-4-18(3,5-2)16(17)15-12-8-10-13-9-6-7-11-14(13)15;/h6-12H,4-5H2,1-3H3;1H/q+1;/p-1. The molecular weight excluding hydrogens is 366 g/mol. The first-order valence-electron chi connectivity index (χ1n) is 6.49. The lowest BCUT2D eigenvalue weighted by Crippen LogP contribution is -3.00. The van der Waals surface area contributed by atoms with Crippen molar-refractivity contribution in [1.29, 1.82) is 0 Å². The van der Waals surface area contributed by atoms with Crippen LogP contribution in [0.4, 0.5) is 0 Å². The molecule has 0 bridgehead atoms. The second-order valence-electron chi connectivity index (χ2n) is 4.86. The molecule has 2 aromatic rings. The molecule has 0 heterocycles. The van der Waals surface area contributed by atoms with Crippen LogP contribution in [0.3, 0.4) is 0 Å². The fourth-order valence-corrected chi connectivity index (χ4v) is 4.01. The molecule has 0 N–H and O–H groups in total. The summed E-state index contributed by atoms with van der Waals surface area (Å²) in [7, 11) is -1.49. The molecule has 102 valence electrons. The van der Waals surface area contributed by atoms with Crippen molar-refractivity contribution in [2.75, 3.05) is 19.0 Å². The summed E-state index contributed by atoms with van der Waals surface area (Å²) in [6, 6.07) is 14.2. The van der Waals surface area contributed by atoms with Crippen LogP contribution in [0.1, 0.15) is 24.2 Å². The van der Waals surface area contributed by atoms with E-state index in [2.05, 4.69) is 38.7 Å². The number of halogens is 1. The van der Waals surface area contributed by atoms with Crippen molar-refractivity contribution in [2.45, 2.75) is 13.8 Å². The minimum absolute atomic E-state index is 0. The number of hydrogen-bond donors (Lipinski definition) is 0. The van der Waals surface area contributed by atoms with Gasteiger partial charge in [0.05, 0.1) is 31.8 Å². The number of carbonyl (C=O) groups excluding carboxylic acids is 1. The second kappa shape index (κ2) is 6.81. The third-order valence-corrected chi connectivity index (χ3v) is 7.92. The smallest absolute Gasteiger partial charge is 0.298 e. The van der Waals surface area contributed by atoms with E-state index in [9.17, 15) is 4.79 Å². The van der Waals surface area contributed by atoms with Crippen molar-refractivity contribution in [1.82, 2.24) is 0 Å². The minimum atomic E-state index is -1.49.